The Hall–Kier alpha value is -2.37. The molecule has 1 saturated carbocycles. The molecule has 4 rings (SSSR count). The number of hydrogen-bond acceptors (Lipinski definition) is 3. The first kappa shape index (κ1) is 22.3. The van der Waals surface area contributed by atoms with Crippen molar-refractivity contribution in [2.45, 2.75) is 50.2 Å². The summed E-state index contributed by atoms with van der Waals surface area (Å²) < 4.78 is 0. The standard InChI is InChI=1S/C24H29N3O2.ClH/c25-20(17-9-3-1-4-10-17)16-26-23(28)22-15-19-13-7-8-14-21(19)27(22)24(29)18-11-5-2-6-12-18;/h1-6,9-12,19-22H,7-8,13-16,25H2,(H,26,28);1H. The number of carbonyl (C=O) groups excluding carboxylic acids is 2. The fourth-order valence-corrected chi connectivity index (χ4v) is 4.86. The largest absolute Gasteiger partial charge is 0.352 e. The summed E-state index contributed by atoms with van der Waals surface area (Å²) in [6.45, 7) is 0.363. The Labute approximate surface area is 184 Å². The first-order chi connectivity index (χ1) is 14.1. The molecule has 1 saturated heterocycles. The summed E-state index contributed by atoms with van der Waals surface area (Å²) >= 11 is 0. The van der Waals surface area contributed by atoms with Crippen LogP contribution in [-0.2, 0) is 4.79 Å². The molecule has 2 aromatic rings. The molecule has 4 unspecified atom stereocenters. The van der Waals surface area contributed by atoms with E-state index in [9.17, 15) is 9.59 Å². The van der Waals surface area contributed by atoms with Gasteiger partial charge in [0.05, 0.1) is 0 Å². The van der Waals surface area contributed by atoms with Crippen LogP contribution in [0, 0.1) is 5.92 Å². The van der Waals surface area contributed by atoms with Gasteiger partial charge >= 0.3 is 0 Å². The first-order valence-corrected chi connectivity index (χ1v) is 10.6. The van der Waals surface area contributed by atoms with Crippen LogP contribution in [0.2, 0.25) is 0 Å². The monoisotopic (exact) mass is 427 g/mol. The van der Waals surface area contributed by atoms with Gasteiger partial charge < -0.3 is 16.0 Å². The molecule has 1 aliphatic heterocycles. The summed E-state index contributed by atoms with van der Waals surface area (Å²) in [5, 5.41) is 3.01. The van der Waals surface area contributed by atoms with E-state index in [1.165, 1.54) is 6.42 Å². The van der Waals surface area contributed by atoms with E-state index in [0.717, 1.165) is 31.2 Å². The number of benzene rings is 2. The molecule has 160 valence electrons. The highest BCUT2D eigenvalue weighted by atomic mass is 35.5. The van der Waals surface area contributed by atoms with Crippen LogP contribution in [-0.4, -0.2) is 35.3 Å². The minimum Gasteiger partial charge on any atom is -0.352 e. The van der Waals surface area contributed by atoms with Crippen molar-refractivity contribution in [3.05, 3.63) is 71.8 Å². The fourth-order valence-electron chi connectivity index (χ4n) is 4.86. The molecule has 5 nitrogen and oxygen atoms in total. The van der Waals surface area contributed by atoms with Crippen LogP contribution in [0.25, 0.3) is 0 Å². The lowest BCUT2D eigenvalue weighted by Gasteiger charge is -2.33. The van der Waals surface area contributed by atoms with Crippen molar-refractivity contribution in [3.8, 4) is 0 Å². The molecule has 0 spiro atoms. The first-order valence-electron chi connectivity index (χ1n) is 10.6. The SMILES string of the molecule is Cl.NC(CNC(=O)C1CC2CCCCC2N1C(=O)c1ccccc1)c1ccccc1. The van der Waals surface area contributed by atoms with E-state index in [-0.39, 0.29) is 36.3 Å². The van der Waals surface area contributed by atoms with Crippen molar-refractivity contribution in [2.24, 2.45) is 11.7 Å². The van der Waals surface area contributed by atoms with E-state index in [0.29, 0.717) is 18.0 Å². The third-order valence-electron chi connectivity index (χ3n) is 6.37. The van der Waals surface area contributed by atoms with Gasteiger partial charge in [0.1, 0.15) is 6.04 Å². The molecule has 2 fully saturated rings. The number of rotatable bonds is 5. The minimum atomic E-state index is -0.418. The Morgan fingerprint density at radius 1 is 1.00 bits per heavy atom. The molecular weight excluding hydrogens is 398 g/mol. The van der Waals surface area contributed by atoms with Crippen molar-refractivity contribution in [1.29, 1.82) is 0 Å². The molecule has 1 heterocycles. The lowest BCUT2D eigenvalue weighted by molar-refractivity contribution is -0.125. The number of amides is 2. The zero-order valence-electron chi connectivity index (χ0n) is 17.1. The van der Waals surface area contributed by atoms with E-state index in [1.807, 2.05) is 65.6 Å². The molecule has 0 bridgehead atoms. The summed E-state index contributed by atoms with van der Waals surface area (Å²) in [7, 11) is 0. The molecule has 30 heavy (non-hydrogen) atoms. The molecular formula is C24H30ClN3O2. The molecule has 0 aromatic heterocycles. The Morgan fingerprint density at radius 2 is 1.63 bits per heavy atom. The second kappa shape index (κ2) is 10.1. The second-order valence-electron chi connectivity index (χ2n) is 8.20. The van der Waals surface area contributed by atoms with Crippen molar-refractivity contribution in [1.82, 2.24) is 10.2 Å². The van der Waals surface area contributed by atoms with Crippen LogP contribution in [0.15, 0.2) is 60.7 Å². The Morgan fingerprint density at radius 3 is 2.33 bits per heavy atom. The number of fused-ring (bicyclic) bond motifs is 1. The topological polar surface area (TPSA) is 75.4 Å². The maximum Gasteiger partial charge on any atom is 0.254 e. The number of carbonyl (C=O) groups is 2. The highest BCUT2D eigenvalue weighted by molar-refractivity contribution is 5.98. The van der Waals surface area contributed by atoms with Crippen molar-refractivity contribution in [3.63, 3.8) is 0 Å². The Bertz CT molecular complexity index is 846. The maximum atomic E-state index is 13.3. The zero-order chi connectivity index (χ0) is 20.2. The number of likely N-dealkylation sites (tertiary alicyclic amines) is 1. The number of nitrogens with one attached hydrogen (secondary N) is 1. The average molecular weight is 428 g/mol. The van der Waals surface area contributed by atoms with Crippen LogP contribution in [0.3, 0.4) is 0 Å². The van der Waals surface area contributed by atoms with E-state index in [4.69, 9.17) is 5.73 Å². The second-order valence-corrected chi connectivity index (χ2v) is 8.20. The van der Waals surface area contributed by atoms with Crippen LogP contribution in [0.4, 0.5) is 0 Å². The molecule has 2 aliphatic rings. The molecule has 6 heteroatoms. The fraction of sp³-hybridized carbons (Fsp3) is 0.417. The summed E-state index contributed by atoms with van der Waals surface area (Å²) in [4.78, 5) is 28.3. The van der Waals surface area contributed by atoms with Crippen LogP contribution in [0.5, 0.6) is 0 Å². The van der Waals surface area contributed by atoms with Gasteiger partial charge in [0, 0.05) is 24.2 Å². The maximum absolute atomic E-state index is 13.3. The number of halogens is 1. The van der Waals surface area contributed by atoms with Gasteiger partial charge in [0.25, 0.3) is 5.91 Å². The zero-order valence-corrected chi connectivity index (χ0v) is 17.9. The smallest absolute Gasteiger partial charge is 0.254 e. The predicted octanol–water partition coefficient (Wildman–Crippen LogP) is 3.70. The molecule has 1 aliphatic carbocycles. The minimum absolute atomic E-state index is 0. The van der Waals surface area contributed by atoms with Gasteiger partial charge in [-0.05, 0) is 42.9 Å². The summed E-state index contributed by atoms with van der Waals surface area (Å²) in [5.41, 5.74) is 7.89. The van der Waals surface area contributed by atoms with Crippen molar-refractivity contribution < 1.29 is 9.59 Å². The third-order valence-corrected chi connectivity index (χ3v) is 6.37. The van der Waals surface area contributed by atoms with Crippen LogP contribution < -0.4 is 11.1 Å². The summed E-state index contributed by atoms with van der Waals surface area (Å²) in [6.07, 6.45) is 5.12. The highest BCUT2D eigenvalue weighted by Crippen LogP contribution is 2.40. The lowest BCUT2D eigenvalue weighted by atomic mass is 9.84. The average Bonchev–Trinajstić information content (AvgIpc) is 3.17. The van der Waals surface area contributed by atoms with Crippen molar-refractivity contribution in [2.75, 3.05) is 6.54 Å². The van der Waals surface area contributed by atoms with E-state index in [2.05, 4.69) is 5.32 Å². The van der Waals surface area contributed by atoms with Crippen molar-refractivity contribution >= 4 is 24.2 Å². The van der Waals surface area contributed by atoms with Gasteiger partial charge in [-0.3, -0.25) is 9.59 Å². The molecule has 4 atom stereocenters. The highest BCUT2D eigenvalue weighted by Gasteiger charge is 2.47. The quantitative estimate of drug-likeness (QED) is 0.763. The molecule has 3 N–H and O–H groups in total. The molecule has 2 amide bonds. The number of nitrogens with zero attached hydrogens (tertiary/aromatic N) is 1. The molecule has 0 radical (unpaired) electrons. The van der Waals surface area contributed by atoms with Gasteiger partial charge in [-0.25, -0.2) is 0 Å². The Kier molecular flexibility index (Phi) is 7.51. The third kappa shape index (κ3) is 4.68. The van der Waals surface area contributed by atoms with E-state index in [1.54, 1.807) is 0 Å². The van der Waals surface area contributed by atoms with Gasteiger partial charge in [-0.15, -0.1) is 12.4 Å². The normalized spacial score (nSPS) is 23.8. The van der Waals surface area contributed by atoms with Crippen LogP contribution in [0.1, 0.15) is 54.1 Å². The summed E-state index contributed by atoms with van der Waals surface area (Å²) in [5.74, 6) is 0.289. The van der Waals surface area contributed by atoms with E-state index < -0.39 is 6.04 Å². The lowest BCUT2D eigenvalue weighted by Crippen LogP contribution is -2.50. The van der Waals surface area contributed by atoms with Gasteiger partial charge in [0.15, 0.2) is 0 Å². The molecule has 2 aromatic carbocycles. The van der Waals surface area contributed by atoms with Gasteiger partial charge in [-0.1, -0.05) is 61.4 Å². The van der Waals surface area contributed by atoms with Gasteiger partial charge in [0.2, 0.25) is 5.91 Å². The van der Waals surface area contributed by atoms with Crippen LogP contribution >= 0.6 is 12.4 Å². The number of hydrogen-bond donors (Lipinski definition) is 2. The summed E-state index contributed by atoms with van der Waals surface area (Å²) in [6, 6.07) is 18.6. The number of nitrogens with two attached hydrogens (primary N) is 1. The van der Waals surface area contributed by atoms with Gasteiger partial charge in [-0.2, -0.15) is 0 Å². The Balaban J connectivity index is 0.00000256. The van der Waals surface area contributed by atoms with E-state index >= 15 is 0 Å². The predicted molar refractivity (Wildman–Crippen MR) is 120 cm³/mol.